The summed E-state index contributed by atoms with van der Waals surface area (Å²) >= 11 is 0. The van der Waals surface area contributed by atoms with Gasteiger partial charge in [0.2, 0.25) is 5.60 Å². The maximum absolute atomic E-state index is 13.3. The highest BCUT2D eigenvalue weighted by atomic mass is 16.6. The Morgan fingerprint density at radius 2 is 1.46 bits per heavy atom. The van der Waals surface area contributed by atoms with Gasteiger partial charge in [-0.25, -0.2) is 9.59 Å². The smallest absolute Gasteiger partial charge is 0.348 e. The number of ether oxygens (including phenoxy) is 2. The van der Waals surface area contributed by atoms with Gasteiger partial charge in [-0.2, -0.15) is 0 Å². The molecule has 0 bridgehead atoms. The van der Waals surface area contributed by atoms with Crippen molar-refractivity contribution in [3.63, 3.8) is 0 Å². The number of amides is 3. The first kappa shape index (κ1) is 21.1. The maximum atomic E-state index is 13.3. The van der Waals surface area contributed by atoms with Crippen molar-refractivity contribution in [1.82, 2.24) is 10.6 Å². The lowest BCUT2D eigenvalue weighted by molar-refractivity contribution is -0.175. The van der Waals surface area contributed by atoms with E-state index < -0.39 is 29.6 Å². The van der Waals surface area contributed by atoms with Crippen LogP contribution in [0.25, 0.3) is 0 Å². The molecule has 7 nitrogen and oxygen atoms in total. The van der Waals surface area contributed by atoms with Gasteiger partial charge >= 0.3 is 12.0 Å². The first-order valence-corrected chi connectivity index (χ1v) is 8.94. The normalized spacial score (nSPS) is 12.0. The van der Waals surface area contributed by atoms with E-state index in [1.165, 1.54) is 14.0 Å². The van der Waals surface area contributed by atoms with Gasteiger partial charge in [0.15, 0.2) is 6.10 Å². The van der Waals surface area contributed by atoms with Crippen molar-refractivity contribution in [1.29, 1.82) is 0 Å². The summed E-state index contributed by atoms with van der Waals surface area (Å²) in [5, 5.41) is 4.36. The Labute approximate surface area is 164 Å². The number of hydrogen-bond acceptors (Lipinski definition) is 5. The van der Waals surface area contributed by atoms with Gasteiger partial charge in [-0.1, -0.05) is 60.7 Å². The SMILES string of the molecule is CCOC(C(=O)O[C@@H](C)C(=O)NC(=O)NC)(c1ccccc1)c1ccccc1. The Bertz CT molecular complexity index is 769. The Balaban J connectivity index is 2.42. The highest BCUT2D eigenvalue weighted by molar-refractivity contribution is 5.97. The molecular formula is C21H24N2O5. The monoisotopic (exact) mass is 384 g/mol. The zero-order valence-electron chi connectivity index (χ0n) is 16.1. The van der Waals surface area contributed by atoms with E-state index in [0.717, 1.165) is 0 Å². The van der Waals surface area contributed by atoms with Crippen LogP contribution >= 0.6 is 0 Å². The molecule has 0 fully saturated rings. The average Bonchev–Trinajstić information content (AvgIpc) is 2.72. The fourth-order valence-corrected chi connectivity index (χ4v) is 2.76. The first-order chi connectivity index (χ1) is 13.5. The summed E-state index contributed by atoms with van der Waals surface area (Å²) in [5.74, 6) is -1.48. The van der Waals surface area contributed by atoms with Gasteiger partial charge in [-0.05, 0) is 25.0 Å². The zero-order valence-corrected chi connectivity index (χ0v) is 16.1. The zero-order chi connectivity index (χ0) is 20.6. The van der Waals surface area contributed by atoms with E-state index in [1.807, 2.05) is 12.1 Å². The second-order valence-corrected chi connectivity index (χ2v) is 5.96. The molecule has 0 saturated carbocycles. The Morgan fingerprint density at radius 1 is 0.964 bits per heavy atom. The number of carbonyl (C=O) groups is 3. The maximum Gasteiger partial charge on any atom is 0.348 e. The van der Waals surface area contributed by atoms with Crippen LogP contribution in [0.5, 0.6) is 0 Å². The molecule has 7 heteroatoms. The van der Waals surface area contributed by atoms with Crippen LogP contribution in [-0.4, -0.2) is 37.7 Å². The van der Waals surface area contributed by atoms with E-state index in [1.54, 1.807) is 55.5 Å². The van der Waals surface area contributed by atoms with Crippen molar-refractivity contribution in [2.24, 2.45) is 0 Å². The Kier molecular flexibility index (Phi) is 7.28. The van der Waals surface area contributed by atoms with Crippen molar-refractivity contribution in [3.8, 4) is 0 Å². The van der Waals surface area contributed by atoms with Gasteiger partial charge in [0.05, 0.1) is 0 Å². The molecule has 0 aliphatic heterocycles. The molecule has 0 saturated heterocycles. The van der Waals surface area contributed by atoms with Crippen molar-refractivity contribution in [2.75, 3.05) is 13.7 Å². The molecule has 0 aliphatic carbocycles. The minimum Gasteiger partial charge on any atom is -0.450 e. The first-order valence-electron chi connectivity index (χ1n) is 8.94. The lowest BCUT2D eigenvalue weighted by Gasteiger charge is -2.33. The third kappa shape index (κ3) is 4.55. The van der Waals surface area contributed by atoms with E-state index in [4.69, 9.17) is 9.47 Å². The van der Waals surface area contributed by atoms with E-state index in [0.29, 0.717) is 11.1 Å². The van der Waals surface area contributed by atoms with E-state index in [-0.39, 0.29) is 6.61 Å². The summed E-state index contributed by atoms with van der Waals surface area (Å²) < 4.78 is 11.4. The molecule has 2 aromatic rings. The van der Waals surface area contributed by atoms with Crippen LogP contribution in [-0.2, 0) is 24.7 Å². The fraction of sp³-hybridized carbons (Fsp3) is 0.286. The molecule has 2 rings (SSSR count). The van der Waals surface area contributed by atoms with Crippen LogP contribution in [0.4, 0.5) is 4.79 Å². The number of urea groups is 1. The number of imide groups is 1. The second-order valence-electron chi connectivity index (χ2n) is 5.96. The molecular weight excluding hydrogens is 360 g/mol. The highest BCUT2D eigenvalue weighted by Gasteiger charge is 2.46. The Morgan fingerprint density at radius 3 is 1.89 bits per heavy atom. The predicted octanol–water partition coefficient (Wildman–Crippen LogP) is 2.35. The van der Waals surface area contributed by atoms with Crippen molar-refractivity contribution in [3.05, 3.63) is 71.8 Å². The van der Waals surface area contributed by atoms with Crippen molar-refractivity contribution in [2.45, 2.75) is 25.6 Å². The number of hydrogen-bond donors (Lipinski definition) is 2. The molecule has 28 heavy (non-hydrogen) atoms. The lowest BCUT2D eigenvalue weighted by Crippen LogP contribution is -2.47. The van der Waals surface area contributed by atoms with Gasteiger partial charge in [-0.15, -0.1) is 0 Å². The third-order valence-corrected chi connectivity index (χ3v) is 4.13. The summed E-state index contributed by atoms with van der Waals surface area (Å²) in [7, 11) is 1.38. The number of nitrogens with one attached hydrogen (secondary N) is 2. The highest BCUT2D eigenvalue weighted by Crippen LogP contribution is 2.35. The molecule has 0 radical (unpaired) electrons. The summed E-state index contributed by atoms with van der Waals surface area (Å²) in [6, 6.07) is 17.2. The molecule has 3 amide bonds. The van der Waals surface area contributed by atoms with E-state index in [9.17, 15) is 14.4 Å². The summed E-state index contributed by atoms with van der Waals surface area (Å²) in [4.78, 5) is 36.8. The van der Waals surface area contributed by atoms with Gasteiger partial charge < -0.3 is 14.8 Å². The van der Waals surface area contributed by atoms with Gasteiger partial charge in [0.1, 0.15) is 0 Å². The number of esters is 1. The van der Waals surface area contributed by atoms with E-state index in [2.05, 4.69) is 10.6 Å². The van der Waals surface area contributed by atoms with E-state index >= 15 is 0 Å². The quantitative estimate of drug-likeness (QED) is 0.715. The summed E-state index contributed by atoms with van der Waals surface area (Å²) in [6.07, 6.45) is -1.20. The number of rotatable bonds is 7. The van der Waals surface area contributed by atoms with Crippen LogP contribution in [0, 0.1) is 0 Å². The van der Waals surface area contributed by atoms with Crippen LogP contribution in [0.2, 0.25) is 0 Å². The average molecular weight is 384 g/mol. The summed E-state index contributed by atoms with van der Waals surface area (Å²) in [6.45, 7) is 3.40. The molecule has 0 spiro atoms. The molecule has 2 aromatic carbocycles. The molecule has 0 aromatic heterocycles. The minimum absolute atomic E-state index is 0.234. The molecule has 2 N–H and O–H groups in total. The third-order valence-electron chi connectivity index (χ3n) is 4.13. The van der Waals surface area contributed by atoms with Gasteiger partial charge in [-0.3, -0.25) is 10.1 Å². The largest absolute Gasteiger partial charge is 0.450 e. The van der Waals surface area contributed by atoms with Crippen molar-refractivity contribution >= 4 is 17.9 Å². The fourth-order valence-electron chi connectivity index (χ4n) is 2.76. The van der Waals surface area contributed by atoms with Gasteiger partial charge in [0, 0.05) is 13.7 Å². The second kappa shape index (κ2) is 9.66. The number of benzene rings is 2. The number of carbonyl (C=O) groups excluding carboxylic acids is 3. The molecule has 0 aliphatic rings. The van der Waals surface area contributed by atoms with Crippen LogP contribution in [0.15, 0.2) is 60.7 Å². The summed E-state index contributed by atoms with van der Waals surface area (Å²) in [5.41, 5.74) is -0.391. The molecule has 148 valence electrons. The lowest BCUT2D eigenvalue weighted by atomic mass is 9.86. The van der Waals surface area contributed by atoms with Crippen LogP contribution in [0.1, 0.15) is 25.0 Å². The molecule has 0 unspecified atom stereocenters. The topological polar surface area (TPSA) is 93.7 Å². The van der Waals surface area contributed by atoms with Gasteiger partial charge in [0.25, 0.3) is 5.91 Å². The van der Waals surface area contributed by atoms with Crippen molar-refractivity contribution < 1.29 is 23.9 Å². The van der Waals surface area contributed by atoms with Crippen LogP contribution < -0.4 is 10.6 Å². The molecule has 1 atom stereocenters. The standard InChI is InChI=1S/C21H24N2O5/c1-4-27-21(16-11-7-5-8-12-16,17-13-9-6-10-14-17)19(25)28-15(2)18(24)23-20(26)22-3/h5-15H,4H2,1-3H3,(H2,22,23,24,26)/t15-/m0/s1. The predicted molar refractivity (Wildman–Crippen MR) is 103 cm³/mol. The Hall–Kier alpha value is -3.19. The molecule has 0 heterocycles. The van der Waals surface area contributed by atoms with Crippen LogP contribution in [0.3, 0.4) is 0 Å². The minimum atomic E-state index is -1.54.